The summed E-state index contributed by atoms with van der Waals surface area (Å²) in [7, 11) is 0. The van der Waals surface area contributed by atoms with Gasteiger partial charge in [-0.2, -0.15) is 5.26 Å². The third-order valence-corrected chi connectivity index (χ3v) is 3.99. The molecule has 1 heterocycles. The quantitative estimate of drug-likeness (QED) is 0.261. The van der Waals surface area contributed by atoms with Crippen LogP contribution in [-0.4, -0.2) is 12.6 Å². The van der Waals surface area contributed by atoms with Crippen LogP contribution in [-0.2, 0) is 9.53 Å². The molecule has 0 aliphatic carbocycles. The van der Waals surface area contributed by atoms with Gasteiger partial charge in [0.25, 0.3) is 0 Å². The zero-order valence-electron chi connectivity index (χ0n) is 13.7. The Kier molecular flexibility index (Phi) is 7.12. The lowest BCUT2D eigenvalue weighted by Gasteiger charge is -2.03. The average Bonchev–Trinajstić information content (AvgIpc) is 3.07. The first-order valence-corrected chi connectivity index (χ1v) is 8.65. The number of carbonyl (C=O) groups excluding carboxylic acids is 1. The van der Waals surface area contributed by atoms with Crippen molar-refractivity contribution in [3.8, 4) is 17.4 Å². The largest absolute Gasteiger partial charge is 0.462 e. The van der Waals surface area contributed by atoms with Gasteiger partial charge in [0.15, 0.2) is 0 Å². The van der Waals surface area contributed by atoms with Gasteiger partial charge in [0.05, 0.1) is 11.6 Å². The summed E-state index contributed by atoms with van der Waals surface area (Å²) in [5.74, 6) is 0.192. The molecule has 1 aromatic heterocycles. The molecule has 0 N–H and O–H groups in total. The number of unbranched alkanes of at least 4 members (excludes halogenated alkanes) is 2. The molecule has 0 atom stereocenters. The molecule has 0 saturated carbocycles. The molecule has 25 heavy (non-hydrogen) atoms. The fourth-order valence-corrected chi connectivity index (χ4v) is 2.52. The van der Waals surface area contributed by atoms with Crippen molar-refractivity contribution >= 4 is 35.2 Å². The first-order valence-electron chi connectivity index (χ1n) is 7.89. The molecule has 130 valence electrons. The summed E-state index contributed by atoms with van der Waals surface area (Å²) in [5.41, 5.74) is 0.518. The van der Waals surface area contributed by atoms with E-state index in [9.17, 15) is 4.79 Å². The molecule has 1 aromatic carbocycles. The molecular weight excluding hydrogens is 361 g/mol. The Bertz CT molecular complexity index is 818. The Labute approximate surface area is 156 Å². The van der Waals surface area contributed by atoms with Crippen LogP contribution in [0.25, 0.3) is 17.4 Å². The molecular formula is C19H17Cl2NO3. The molecule has 2 rings (SSSR count). The minimum absolute atomic E-state index is 0.116. The van der Waals surface area contributed by atoms with Crippen molar-refractivity contribution in [3.63, 3.8) is 0 Å². The first-order chi connectivity index (χ1) is 12.0. The maximum absolute atomic E-state index is 11.9. The molecule has 4 nitrogen and oxygen atoms in total. The number of hydrogen-bond donors (Lipinski definition) is 0. The summed E-state index contributed by atoms with van der Waals surface area (Å²) in [6.45, 7) is 2.36. The molecule has 0 unspecified atom stereocenters. The highest BCUT2D eigenvalue weighted by Crippen LogP contribution is 2.32. The van der Waals surface area contributed by atoms with Crippen molar-refractivity contribution in [2.75, 3.05) is 6.61 Å². The normalized spacial score (nSPS) is 11.2. The zero-order chi connectivity index (χ0) is 18.2. The van der Waals surface area contributed by atoms with Gasteiger partial charge in [-0.1, -0.05) is 43.0 Å². The van der Waals surface area contributed by atoms with Crippen molar-refractivity contribution in [1.29, 1.82) is 5.26 Å². The van der Waals surface area contributed by atoms with E-state index in [0.29, 0.717) is 33.7 Å². The average molecular weight is 378 g/mol. The lowest BCUT2D eigenvalue weighted by atomic mass is 10.2. The van der Waals surface area contributed by atoms with Crippen LogP contribution in [0.15, 0.2) is 40.3 Å². The highest BCUT2D eigenvalue weighted by Gasteiger charge is 2.13. The zero-order valence-corrected chi connectivity index (χ0v) is 15.2. The monoisotopic (exact) mass is 377 g/mol. The SMILES string of the molecule is CCCCCOC(=O)/C(C#N)=C\c1ccc(-c2cc(Cl)ccc2Cl)o1. The topological polar surface area (TPSA) is 63.2 Å². The second-order valence-corrected chi connectivity index (χ2v) is 6.18. The number of nitriles is 1. The van der Waals surface area contributed by atoms with Crippen LogP contribution in [0.2, 0.25) is 10.0 Å². The molecule has 0 spiro atoms. The fraction of sp³-hybridized carbons (Fsp3) is 0.263. The van der Waals surface area contributed by atoms with E-state index in [1.165, 1.54) is 6.08 Å². The smallest absolute Gasteiger partial charge is 0.349 e. The van der Waals surface area contributed by atoms with Crippen molar-refractivity contribution in [1.82, 2.24) is 0 Å². The molecule has 2 aromatic rings. The maximum Gasteiger partial charge on any atom is 0.349 e. The summed E-state index contributed by atoms with van der Waals surface area (Å²) in [6.07, 6.45) is 4.13. The number of ether oxygens (including phenoxy) is 1. The van der Waals surface area contributed by atoms with E-state index >= 15 is 0 Å². The van der Waals surface area contributed by atoms with E-state index in [2.05, 4.69) is 6.92 Å². The van der Waals surface area contributed by atoms with Gasteiger partial charge in [-0.15, -0.1) is 0 Å². The number of furan rings is 1. The van der Waals surface area contributed by atoms with E-state index in [4.69, 9.17) is 37.6 Å². The standard InChI is InChI=1S/C19H17Cl2NO3/c1-2-3-4-9-24-19(23)13(12-22)10-15-6-8-18(25-15)16-11-14(20)5-7-17(16)21/h5-8,10-11H,2-4,9H2,1H3/b13-10-. The van der Waals surface area contributed by atoms with Crippen LogP contribution in [0.4, 0.5) is 0 Å². The minimum Gasteiger partial charge on any atom is -0.462 e. The molecule has 0 aliphatic heterocycles. The van der Waals surface area contributed by atoms with Gasteiger partial charge in [-0.3, -0.25) is 0 Å². The fourth-order valence-electron chi connectivity index (χ4n) is 2.14. The molecule has 0 amide bonds. The number of rotatable bonds is 7. The number of hydrogen-bond acceptors (Lipinski definition) is 4. The highest BCUT2D eigenvalue weighted by atomic mass is 35.5. The predicted molar refractivity (Wildman–Crippen MR) is 98.2 cm³/mol. The Morgan fingerprint density at radius 1 is 1.28 bits per heavy atom. The Hall–Kier alpha value is -2.22. The van der Waals surface area contributed by atoms with Crippen LogP contribution in [0.1, 0.15) is 31.9 Å². The summed E-state index contributed by atoms with van der Waals surface area (Å²) in [5, 5.41) is 10.2. The van der Waals surface area contributed by atoms with Gasteiger partial charge in [-0.25, -0.2) is 4.79 Å². The summed E-state index contributed by atoms with van der Waals surface area (Å²) in [6, 6.07) is 10.2. The van der Waals surface area contributed by atoms with Crippen LogP contribution >= 0.6 is 23.2 Å². The third-order valence-electron chi connectivity index (χ3n) is 3.43. The number of carbonyl (C=O) groups is 1. The molecule has 0 aliphatic rings. The summed E-state index contributed by atoms with van der Waals surface area (Å²) < 4.78 is 10.7. The number of esters is 1. The van der Waals surface area contributed by atoms with Gasteiger partial charge in [0.1, 0.15) is 23.2 Å². The lowest BCUT2D eigenvalue weighted by molar-refractivity contribution is -0.138. The summed E-state index contributed by atoms with van der Waals surface area (Å²) in [4.78, 5) is 11.9. The van der Waals surface area contributed by atoms with Crippen molar-refractivity contribution in [2.24, 2.45) is 0 Å². The van der Waals surface area contributed by atoms with Crippen molar-refractivity contribution in [2.45, 2.75) is 26.2 Å². The van der Waals surface area contributed by atoms with Gasteiger partial charge >= 0.3 is 5.97 Å². The van der Waals surface area contributed by atoms with E-state index in [0.717, 1.165) is 19.3 Å². The van der Waals surface area contributed by atoms with Crippen molar-refractivity contribution < 1.29 is 13.9 Å². The Balaban J connectivity index is 2.14. The van der Waals surface area contributed by atoms with Gasteiger partial charge in [0.2, 0.25) is 0 Å². The van der Waals surface area contributed by atoms with Crippen LogP contribution in [0.5, 0.6) is 0 Å². The predicted octanol–water partition coefficient (Wildman–Crippen LogP) is 5.89. The van der Waals surface area contributed by atoms with Crippen LogP contribution in [0, 0.1) is 11.3 Å². The molecule has 0 saturated heterocycles. The van der Waals surface area contributed by atoms with E-state index in [1.54, 1.807) is 30.3 Å². The van der Waals surface area contributed by atoms with Crippen LogP contribution in [0.3, 0.4) is 0 Å². The Morgan fingerprint density at radius 3 is 2.80 bits per heavy atom. The summed E-state index contributed by atoms with van der Waals surface area (Å²) >= 11 is 12.1. The van der Waals surface area contributed by atoms with Crippen molar-refractivity contribution in [3.05, 3.63) is 51.7 Å². The van der Waals surface area contributed by atoms with Crippen LogP contribution < -0.4 is 0 Å². The third kappa shape index (κ3) is 5.38. The second-order valence-electron chi connectivity index (χ2n) is 5.34. The number of nitrogens with zero attached hydrogens (tertiary/aromatic N) is 1. The number of halogens is 2. The molecule has 0 fully saturated rings. The molecule has 0 bridgehead atoms. The Morgan fingerprint density at radius 2 is 2.08 bits per heavy atom. The van der Waals surface area contributed by atoms with E-state index in [1.807, 2.05) is 6.07 Å². The molecule has 6 heteroatoms. The second kappa shape index (κ2) is 9.31. The van der Waals surface area contributed by atoms with E-state index in [-0.39, 0.29) is 5.57 Å². The van der Waals surface area contributed by atoms with E-state index < -0.39 is 5.97 Å². The lowest BCUT2D eigenvalue weighted by Crippen LogP contribution is -2.07. The van der Waals surface area contributed by atoms with Gasteiger partial charge in [-0.05, 0) is 36.8 Å². The number of benzene rings is 1. The van der Waals surface area contributed by atoms with Gasteiger partial charge < -0.3 is 9.15 Å². The molecule has 0 radical (unpaired) electrons. The first kappa shape index (κ1) is 19.1. The minimum atomic E-state index is -0.655. The highest BCUT2D eigenvalue weighted by molar-refractivity contribution is 6.35. The maximum atomic E-state index is 11.9. The van der Waals surface area contributed by atoms with Gasteiger partial charge in [0, 0.05) is 16.7 Å².